The fraction of sp³-hybridized carbons (Fsp3) is 0.588. The molecule has 1 N–H and O–H groups in total. The van der Waals surface area contributed by atoms with Crippen molar-refractivity contribution in [2.75, 3.05) is 13.1 Å². The lowest BCUT2D eigenvalue weighted by molar-refractivity contribution is -0.128. The van der Waals surface area contributed by atoms with Crippen LogP contribution in [0, 0.1) is 6.92 Å². The van der Waals surface area contributed by atoms with Crippen LogP contribution < -0.4 is 5.32 Å². The molecule has 1 atom stereocenters. The Hall–Kier alpha value is -1.89. The smallest absolute Gasteiger partial charge is 0.407 e. The minimum atomic E-state index is -0.567. The van der Waals surface area contributed by atoms with Gasteiger partial charge in [-0.3, -0.25) is 9.59 Å². The Morgan fingerprint density at radius 2 is 2.08 bits per heavy atom. The van der Waals surface area contributed by atoms with Crippen LogP contribution in [0.25, 0.3) is 0 Å². The van der Waals surface area contributed by atoms with E-state index in [1.807, 2.05) is 17.7 Å². The second-order valence-corrected chi connectivity index (χ2v) is 7.65. The molecule has 0 bridgehead atoms. The van der Waals surface area contributed by atoms with Gasteiger partial charge in [0.05, 0.1) is 6.04 Å². The van der Waals surface area contributed by atoms with E-state index < -0.39 is 17.7 Å². The molecule has 2 heterocycles. The molecule has 1 aliphatic rings. The Labute approximate surface area is 146 Å². The van der Waals surface area contributed by atoms with Crippen molar-refractivity contribution in [3.63, 3.8) is 0 Å². The fourth-order valence-corrected chi connectivity index (χ4v) is 3.51. The van der Waals surface area contributed by atoms with Crippen LogP contribution >= 0.6 is 11.3 Å². The number of Topliss-reactive ketones (excluding diaryl/α,β-unsaturated/α-hetero) is 1. The van der Waals surface area contributed by atoms with Crippen molar-refractivity contribution in [1.29, 1.82) is 0 Å². The van der Waals surface area contributed by atoms with E-state index >= 15 is 0 Å². The number of ketones is 1. The first kappa shape index (κ1) is 18.4. The summed E-state index contributed by atoms with van der Waals surface area (Å²) >= 11 is 1.48. The van der Waals surface area contributed by atoms with E-state index in [2.05, 4.69) is 5.32 Å². The molecule has 1 fully saturated rings. The summed E-state index contributed by atoms with van der Waals surface area (Å²) in [5.41, 5.74) is 1.06. The van der Waals surface area contributed by atoms with Gasteiger partial charge in [0.15, 0.2) is 5.78 Å². The summed E-state index contributed by atoms with van der Waals surface area (Å²) in [6.45, 7) is 7.82. The zero-order valence-corrected chi connectivity index (χ0v) is 15.4. The third-order valence-electron chi connectivity index (χ3n) is 3.77. The van der Waals surface area contributed by atoms with Gasteiger partial charge in [-0.2, -0.15) is 11.3 Å². The quantitative estimate of drug-likeness (QED) is 0.827. The fourth-order valence-electron chi connectivity index (χ4n) is 2.67. The van der Waals surface area contributed by atoms with Gasteiger partial charge in [0, 0.05) is 30.5 Å². The van der Waals surface area contributed by atoms with E-state index in [0.29, 0.717) is 24.9 Å². The van der Waals surface area contributed by atoms with Gasteiger partial charge < -0.3 is 15.0 Å². The Morgan fingerprint density at radius 3 is 2.67 bits per heavy atom. The number of carbonyl (C=O) groups excluding carboxylic acids is 3. The molecule has 0 aromatic carbocycles. The van der Waals surface area contributed by atoms with Crippen molar-refractivity contribution >= 4 is 29.1 Å². The maximum absolute atomic E-state index is 12.7. The largest absolute Gasteiger partial charge is 0.444 e. The Balaban J connectivity index is 1.93. The summed E-state index contributed by atoms with van der Waals surface area (Å²) in [7, 11) is 0. The molecule has 1 aromatic rings. The Bertz CT molecular complexity index is 633. The molecule has 1 aromatic heterocycles. The number of amides is 2. The first-order valence-electron chi connectivity index (χ1n) is 8.02. The average molecular weight is 352 g/mol. The number of likely N-dealkylation sites (tertiary alicyclic amines) is 1. The van der Waals surface area contributed by atoms with Gasteiger partial charge in [-0.1, -0.05) is 0 Å². The second-order valence-electron chi connectivity index (χ2n) is 6.90. The molecule has 0 saturated carbocycles. The molecule has 0 unspecified atom stereocenters. The van der Waals surface area contributed by atoms with E-state index in [0.717, 1.165) is 5.56 Å². The monoisotopic (exact) mass is 352 g/mol. The zero-order valence-electron chi connectivity index (χ0n) is 14.5. The van der Waals surface area contributed by atoms with Gasteiger partial charge in [0.2, 0.25) is 5.91 Å². The molecule has 7 heteroatoms. The maximum Gasteiger partial charge on any atom is 0.407 e. The second kappa shape index (κ2) is 7.34. The predicted octanol–water partition coefficient (Wildman–Crippen LogP) is 2.75. The molecule has 1 aliphatic heterocycles. The standard InChI is InChI=1S/C17H24N2O4S/c1-11-9-24-10-12(11)15(21)13-5-6-14(20)19(13)8-7-18-16(22)23-17(2,3)4/h9-10,13H,5-8H2,1-4H3,(H,18,22)/t13-/m0/s1. The highest BCUT2D eigenvalue weighted by atomic mass is 32.1. The lowest BCUT2D eigenvalue weighted by atomic mass is 10.0. The maximum atomic E-state index is 12.7. The van der Waals surface area contributed by atoms with Crippen molar-refractivity contribution < 1.29 is 19.1 Å². The molecule has 2 amide bonds. The number of nitrogens with zero attached hydrogens (tertiary/aromatic N) is 1. The van der Waals surface area contributed by atoms with Crippen molar-refractivity contribution in [2.24, 2.45) is 0 Å². The van der Waals surface area contributed by atoms with Crippen LogP contribution in [0.5, 0.6) is 0 Å². The first-order valence-corrected chi connectivity index (χ1v) is 8.96. The van der Waals surface area contributed by atoms with Gasteiger partial charge in [-0.15, -0.1) is 0 Å². The highest BCUT2D eigenvalue weighted by Crippen LogP contribution is 2.25. The minimum Gasteiger partial charge on any atom is -0.444 e. The number of alkyl carbamates (subject to hydrolysis) is 1. The molecule has 132 valence electrons. The molecule has 1 saturated heterocycles. The first-order chi connectivity index (χ1) is 11.2. The average Bonchev–Trinajstić information content (AvgIpc) is 3.03. The summed E-state index contributed by atoms with van der Waals surface area (Å²) in [6.07, 6.45) is 0.372. The van der Waals surface area contributed by atoms with Crippen LogP contribution in [0.4, 0.5) is 4.79 Å². The van der Waals surface area contributed by atoms with Gasteiger partial charge in [0.25, 0.3) is 0 Å². The van der Waals surface area contributed by atoms with Crippen LogP contribution in [-0.4, -0.2) is 47.4 Å². The molecular weight excluding hydrogens is 328 g/mol. The van der Waals surface area contributed by atoms with Crippen molar-refractivity contribution in [3.8, 4) is 0 Å². The van der Waals surface area contributed by atoms with Gasteiger partial charge in [0.1, 0.15) is 5.60 Å². The molecule has 24 heavy (non-hydrogen) atoms. The van der Waals surface area contributed by atoms with E-state index in [1.165, 1.54) is 11.3 Å². The van der Waals surface area contributed by atoms with E-state index in [4.69, 9.17) is 4.74 Å². The van der Waals surface area contributed by atoms with Gasteiger partial charge in [-0.05, 0) is 45.1 Å². The van der Waals surface area contributed by atoms with Crippen LogP contribution in [0.1, 0.15) is 49.5 Å². The van der Waals surface area contributed by atoms with Crippen molar-refractivity contribution in [2.45, 2.75) is 52.2 Å². The van der Waals surface area contributed by atoms with Crippen LogP contribution in [-0.2, 0) is 9.53 Å². The molecule has 0 radical (unpaired) electrons. The SMILES string of the molecule is Cc1cscc1C(=O)[C@@H]1CCC(=O)N1CCNC(=O)OC(C)(C)C. The topological polar surface area (TPSA) is 75.7 Å². The minimum absolute atomic E-state index is 0.0168. The third kappa shape index (κ3) is 4.56. The molecule has 0 spiro atoms. The van der Waals surface area contributed by atoms with E-state index in [9.17, 15) is 14.4 Å². The van der Waals surface area contributed by atoms with Crippen LogP contribution in [0.3, 0.4) is 0 Å². The summed E-state index contributed by atoms with van der Waals surface area (Å²) < 4.78 is 5.16. The molecular formula is C17H24N2O4S. The summed E-state index contributed by atoms with van der Waals surface area (Å²) in [4.78, 5) is 38.0. The number of nitrogens with one attached hydrogen (secondary N) is 1. The van der Waals surface area contributed by atoms with E-state index in [-0.39, 0.29) is 18.2 Å². The number of rotatable bonds is 5. The van der Waals surface area contributed by atoms with Crippen LogP contribution in [0.15, 0.2) is 10.8 Å². The normalized spacial score (nSPS) is 17.9. The summed E-state index contributed by atoms with van der Waals surface area (Å²) in [6, 6.07) is -0.439. The number of hydrogen-bond donors (Lipinski definition) is 1. The summed E-state index contributed by atoms with van der Waals surface area (Å²) in [5, 5.41) is 6.39. The highest BCUT2D eigenvalue weighted by Gasteiger charge is 2.36. The van der Waals surface area contributed by atoms with E-state index in [1.54, 1.807) is 25.7 Å². The van der Waals surface area contributed by atoms with Gasteiger partial charge >= 0.3 is 6.09 Å². The molecule has 0 aliphatic carbocycles. The highest BCUT2D eigenvalue weighted by molar-refractivity contribution is 7.08. The number of carbonyl (C=O) groups is 3. The lowest BCUT2D eigenvalue weighted by Gasteiger charge is -2.25. The zero-order chi connectivity index (χ0) is 17.9. The number of aryl methyl sites for hydroxylation is 1. The molecule has 2 rings (SSSR count). The Kier molecular flexibility index (Phi) is 5.64. The summed E-state index contributed by atoms with van der Waals surface area (Å²) in [5.74, 6) is -0.0657. The number of ether oxygens (including phenoxy) is 1. The van der Waals surface area contributed by atoms with Crippen molar-refractivity contribution in [3.05, 3.63) is 21.9 Å². The Morgan fingerprint density at radius 1 is 1.38 bits per heavy atom. The lowest BCUT2D eigenvalue weighted by Crippen LogP contribution is -2.44. The predicted molar refractivity (Wildman–Crippen MR) is 92.4 cm³/mol. The van der Waals surface area contributed by atoms with Gasteiger partial charge in [-0.25, -0.2) is 4.79 Å². The number of hydrogen-bond acceptors (Lipinski definition) is 5. The third-order valence-corrected chi connectivity index (χ3v) is 4.63. The molecule has 6 nitrogen and oxygen atoms in total. The van der Waals surface area contributed by atoms with Crippen LogP contribution in [0.2, 0.25) is 0 Å². The van der Waals surface area contributed by atoms with Crippen molar-refractivity contribution in [1.82, 2.24) is 10.2 Å². The number of thiophene rings is 1.